The molecule has 0 aliphatic heterocycles. The highest BCUT2D eigenvalue weighted by molar-refractivity contribution is 5.95. The summed E-state index contributed by atoms with van der Waals surface area (Å²) in [5.41, 5.74) is 1.80. The Morgan fingerprint density at radius 2 is 1.62 bits per heavy atom. The summed E-state index contributed by atoms with van der Waals surface area (Å²) < 4.78 is 23.0. The Bertz CT molecular complexity index is 741. The number of hydrogen-bond donors (Lipinski definition) is 1. The second-order valence-electron chi connectivity index (χ2n) is 6.14. The predicted octanol–water partition coefficient (Wildman–Crippen LogP) is 3.90. The Hall–Kier alpha value is -2.89. The van der Waals surface area contributed by atoms with Crippen molar-refractivity contribution >= 4 is 17.6 Å². The molecule has 1 N–H and O–H groups in total. The molecule has 0 spiro atoms. The quantitative estimate of drug-likeness (QED) is 0.762. The van der Waals surface area contributed by atoms with Crippen molar-refractivity contribution < 1.29 is 23.5 Å². The summed E-state index contributed by atoms with van der Waals surface area (Å²) in [6.07, 6.45) is -0.968. The number of esters is 1. The van der Waals surface area contributed by atoms with Crippen molar-refractivity contribution in [1.29, 1.82) is 0 Å². The Morgan fingerprint density at radius 3 is 2.19 bits per heavy atom. The molecule has 0 saturated heterocycles. The molecule has 0 aromatic heterocycles. The first-order chi connectivity index (χ1) is 12.3. The maximum absolute atomic E-state index is 12.8. The van der Waals surface area contributed by atoms with Crippen LogP contribution in [0.2, 0.25) is 0 Å². The summed E-state index contributed by atoms with van der Waals surface area (Å²) >= 11 is 0. The Balaban J connectivity index is 1.80. The van der Waals surface area contributed by atoms with Gasteiger partial charge >= 0.3 is 5.97 Å². The van der Waals surface area contributed by atoms with Gasteiger partial charge in [-0.3, -0.25) is 4.79 Å². The summed E-state index contributed by atoms with van der Waals surface area (Å²) in [4.78, 5) is 23.9. The first-order valence-corrected chi connectivity index (χ1v) is 8.34. The normalized spacial score (nSPS) is 11.7. The molecule has 0 saturated carbocycles. The molecule has 0 fully saturated rings. The number of rotatable bonds is 7. The van der Waals surface area contributed by atoms with E-state index in [0.29, 0.717) is 17.4 Å². The van der Waals surface area contributed by atoms with Crippen molar-refractivity contribution in [3.8, 4) is 5.75 Å². The minimum absolute atomic E-state index is 0.339. The van der Waals surface area contributed by atoms with Crippen LogP contribution in [0, 0.1) is 5.82 Å². The molecule has 0 heterocycles. The summed E-state index contributed by atoms with van der Waals surface area (Å²) in [5.74, 6) is -0.775. The zero-order valence-electron chi connectivity index (χ0n) is 15.0. The molecule has 6 heteroatoms. The van der Waals surface area contributed by atoms with Crippen LogP contribution in [-0.4, -0.2) is 24.6 Å². The van der Waals surface area contributed by atoms with E-state index >= 15 is 0 Å². The van der Waals surface area contributed by atoms with Gasteiger partial charge in [-0.25, -0.2) is 9.18 Å². The fourth-order valence-electron chi connectivity index (χ4n) is 2.15. The predicted molar refractivity (Wildman–Crippen MR) is 96.6 cm³/mol. The van der Waals surface area contributed by atoms with Crippen molar-refractivity contribution in [2.24, 2.45) is 0 Å². The summed E-state index contributed by atoms with van der Waals surface area (Å²) in [6.45, 7) is 5.28. The van der Waals surface area contributed by atoms with Crippen LogP contribution in [-0.2, 0) is 14.3 Å². The molecule has 0 unspecified atom stereocenters. The lowest BCUT2D eigenvalue weighted by atomic mass is 10.0. The topological polar surface area (TPSA) is 64.6 Å². The van der Waals surface area contributed by atoms with Gasteiger partial charge in [0.15, 0.2) is 12.7 Å². The number of anilines is 1. The highest BCUT2D eigenvalue weighted by Crippen LogP contribution is 2.17. The van der Waals surface area contributed by atoms with Crippen molar-refractivity contribution in [2.45, 2.75) is 32.8 Å². The van der Waals surface area contributed by atoms with Crippen LogP contribution in [0.5, 0.6) is 5.75 Å². The Morgan fingerprint density at radius 1 is 1.00 bits per heavy atom. The van der Waals surface area contributed by atoms with Gasteiger partial charge in [0.1, 0.15) is 11.6 Å². The minimum atomic E-state index is -0.968. The van der Waals surface area contributed by atoms with E-state index in [1.165, 1.54) is 36.8 Å². The number of carbonyl (C=O) groups is 2. The summed E-state index contributed by atoms with van der Waals surface area (Å²) in [7, 11) is 0. The third-order valence-electron chi connectivity index (χ3n) is 3.69. The largest absolute Gasteiger partial charge is 0.482 e. The van der Waals surface area contributed by atoms with Gasteiger partial charge in [0.25, 0.3) is 5.91 Å². The van der Waals surface area contributed by atoms with Crippen LogP contribution in [0.1, 0.15) is 32.3 Å². The number of hydrogen-bond acceptors (Lipinski definition) is 4. The van der Waals surface area contributed by atoms with E-state index in [9.17, 15) is 14.0 Å². The molecule has 1 amide bonds. The van der Waals surface area contributed by atoms with E-state index < -0.39 is 23.8 Å². The number of halogens is 1. The number of nitrogens with one attached hydrogen (secondary N) is 1. The van der Waals surface area contributed by atoms with Gasteiger partial charge in [0.2, 0.25) is 0 Å². The monoisotopic (exact) mass is 359 g/mol. The smallest absolute Gasteiger partial charge is 0.344 e. The van der Waals surface area contributed by atoms with Crippen LogP contribution in [0.15, 0.2) is 48.5 Å². The van der Waals surface area contributed by atoms with Gasteiger partial charge in [0, 0.05) is 5.69 Å². The molecule has 2 rings (SSSR count). The molecule has 138 valence electrons. The molecule has 5 nitrogen and oxygen atoms in total. The van der Waals surface area contributed by atoms with E-state index in [1.807, 2.05) is 12.1 Å². The molecule has 0 radical (unpaired) electrons. The number of ether oxygens (including phenoxy) is 2. The molecule has 0 aliphatic carbocycles. The van der Waals surface area contributed by atoms with E-state index in [0.717, 1.165) is 0 Å². The third kappa shape index (κ3) is 5.88. The van der Waals surface area contributed by atoms with E-state index in [2.05, 4.69) is 19.2 Å². The highest BCUT2D eigenvalue weighted by atomic mass is 19.1. The van der Waals surface area contributed by atoms with Crippen LogP contribution in [0.3, 0.4) is 0 Å². The van der Waals surface area contributed by atoms with Crippen LogP contribution >= 0.6 is 0 Å². The van der Waals surface area contributed by atoms with Gasteiger partial charge in [-0.1, -0.05) is 26.0 Å². The van der Waals surface area contributed by atoms with Crippen LogP contribution in [0.4, 0.5) is 10.1 Å². The Kier molecular flexibility index (Phi) is 6.72. The van der Waals surface area contributed by atoms with Crippen LogP contribution < -0.4 is 10.1 Å². The zero-order valence-corrected chi connectivity index (χ0v) is 15.0. The van der Waals surface area contributed by atoms with Crippen LogP contribution in [0.25, 0.3) is 0 Å². The van der Waals surface area contributed by atoms with Gasteiger partial charge < -0.3 is 14.8 Å². The molecular weight excluding hydrogens is 337 g/mol. The van der Waals surface area contributed by atoms with Crippen molar-refractivity contribution in [3.05, 3.63) is 59.9 Å². The lowest BCUT2D eigenvalue weighted by Gasteiger charge is -2.14. The maximum atomic E-state index is 12.8. The molecule has 0 aliphatic rings. The first-order valence-electron chi connectivity index (χ1n) is 8.34. The molecular formula is C20H22FNO4. The lowest BCUT2D eigenvalue weighted by molar-refractivity contribution is -0.155. The minimum Gasteiger partial charge on any atom is -0.482 e. The number of benzene rings is 2. The first kappa shape index (κ1) is 19.4. The summed E-state index contributed by atoms with van der Waals surface area (Å²) in [6, 6.07) is 12.7. The second kappa shape index (κ2) is 8.99. The summed E-state index contributed by atoms with van der Waals surface area (Å²) in [5, 5.41) is 2.69. The molecule has 26 heavy (non-hydrogen) atoms. The highest BCUT2D eigenvalue weighted by Gasteiger charge is 2.18. The van der Waals surface area contributed by atoms with Crippen molar-refractivity contribution in [2.75, 3.05) is 11.9 Å². The fraction of sp³-hybridized carbons (Fsp3) is 0.300. The van der Waals surface area contributed by atoms with Gasteiger partial charge in [-0.15, -0.1) is 0 Å². The third-order valence-corrected chi connectivity index (χ3v) is 3.69. The molecule has 2 aromatic rings. The lowest BCUT2D eigenvalue weighted by Crippen LogP contribution is -2.31. The van der Waals surface area contributed by atoms with E-state index in [-0.39, 0.29) is 6.61 Å². The fourth-order valence-corrected chi connectivity index (χ4v) is 2.15. The van der Waals surface area contributed by atoms with Gasteiger partial charge in [0.05, 0.1) is 0 Å². The number of carbonyl (C=O) groups excluding carboxylic acids is 2. The Labute approximate surface area is 152 Å². The maximum Gasteiger partial charge on any atom is 0.344 e. The SMILES string of the molecule is CC(C)c1ccc(NC(=O)[C@H](C)OC(=O)COc2ccc(F)cc2)cc1. The van der Waals surface area contributed by atoms with E-state index in [1.54, 1.807) is 12.1 Å². The molecule has 0 bridgehead atoms. The molecule has 1 atom stereocenters. The number of amides is 1. The van der Waals surface area contributed by atoms with Crippen molar-refractivity contribution in [3.63, 3.8) is 0 Å². The van der Waals surface area contributed by atoms with Crippen molar-refractivity contribution in [1.82, 2.24) is 0 Å². The van der Waals surface area contributed by atoms with E-state index in [4.69, 9.17) is 9.47 Å². The second-order valence-corrected chi connectivity index (χ2v) is 6.14. The zero-order chi connectivity index (χ0) is 19.1. The van der Waals surface area contributed by atoms with Gasteiger partial charge in [-0.2, -0.15) is 0 Å². The average molecular weight is 359 g/mol. The standard InChI is InChI=1S/C20H22FNO4/c1-13(2)15-4-8-17(9-5-15)22-20(24)14(3)26-19(23)12-25-18-10-6-16(21)7-11-18/h4-11,13-14H,12H2,1-3H3,(H,22,24)/t14-/m0/s1. The average Bonchev–Trinajstić information content (AvgIpc) is 2.61. The van der Waals surface area contributed by atoms with Gasteiger partial charge in [-0.05, 0) is 54.8 Å². The molecule has 2 aromatic carbocycles.